The maximum absolute atomic E-state index is 12.8. The summed E-state index contributed by atoms with van der Waals surface area (Å²) in [7, 11) is 0. The molecule has 0 heterocycles. The minimum absolute atomic E-state index is 0.0582. The van der Waals surface area contributed by atoms with E-state index in [-0.39, 0.29) is 11.7 Å². The lowest BCUT2D eigenvalue weighted by Gasteiger charge is -2.24. The molecule has 1 amide bonds. The first-order chi connectivity index (χ1) is 8.54. The smallest absolute Gasteiger partial charge is 0.253 e. The zero-order valence-electron chi connectivity index (χ0n) is 11.0. The molecule has 2 N–H and O–H groups in total. The molecule has 0 aliphatic heterocycles. The molecule has 18 heavy (non-hydrogen) atoms. The number of halogens is 1. The third-order valence-electron chi connectivity index (χ3n) is 2.60. The third-order valence-corrected chi connectivity index (χ3v) is 2.60. The van der Waals surface area contributed by atoms with Gasteiger partial charge in [-0.2, -0.15) is 0 Å². The number of hydrogen-bond donors (Lipinski definition) is 1. The molecular weight excluding hydrogens is 231 g/mol. The molecule has 0 spiro atoms. The van der Waals surface area contributed by atoms with Crippen molar-refractivity contribution in [2.24, 2.45) is 11.7 Å². The second-order valence-corrected chi connectivity index (χ2v) is 4.79. The van der Waals surface area contributed by atoms with Crippen LogP contribution in [0.5, 0.6) is 0 Å². The van der Waals surface area contributed by atoms with E-state index in [1.807, 2.05) is 0 Å². The van der Waals surface area contributed by atoms with Crippen LogP contribution in [0.3, 0.4) is 0 Å². The topological polar surface area (TPSA) is 46.3 Å². The van der Waals surface area contributed by atoms with Crippen LogP contribution in [0.1, 0.15) is 30.6 Å². The highest BCUT2D eigenvalue weighted by atomic mass is 19.1. The van der Waals surface area contributed by atoms with Gasteiger partial charge >= 0.3 is 0 Å². The summed E-state index contributed by atoms with van der Waals surface area (Å²) in [5, 5.41) is 0. The Kier molecular flexibility index (Phi) is 5.78. The van der Waals surface area contributed by atoms with Crippen molar-refractivity contribution in [3.8, 4) is 0 Å². The Bertz CT molecular complexity index is 376. The zero-order valence-corrected chi connectivity index (χ0v) is 11.0. The zero-order chi connectivity index (χ0) is 13.5. The van der Waals surface area contributed by atoms with E-state index in [0.717, 1.165) is 6.42 Å². The number of hydrogen-bond acceptors (Lipinski definition) is 2. The fourth-order valence-corrected chi connectivity index (χ4v) is 1.77. The van der Waals surface area contributed by atoms with E-state index in [1.165, 1.54) is 24.3 Å². The van der Waals surface area contributed by atoms with E-state index in [1.54, 1.807) is 4.90 Å². The van der Waals surface area contributed by atoms with Crippen molar-refractivity contribution in [2.45, 2.75) is 20.3 Å². The summed E-state index contributed by atoms with van der Waals surface area (Å²) in [6.07, 6.45) is 0.777. The molecule has 0 saturated carbocycles. The third kappa shape index (κ3) is 4.45. The summed E-state index contributed by atoms with van der Waals surface area (Å²) in [6.45, 7) is 6.02. The molecule has 1 aromatic rings. The highest BCUT2D eigenvalue weighted by Gasteiger charge is 2.16. The molecule has 0 radical (unpaired) electrons. The Morgan fingerprint density at radius 2 is 1.94 bits per heavy atom. The van der Waals surface area contributed by atoms with E-state index in [0.29, 0.717) is 31.1 Å². The van der Waals surface area contributed by atoms with Crippen molar-refractivity contribution in [1.29, 1.82) is 0 Å². The van der Waals surface area contributed by atoms with Crippen molar-refractivity contribution in [1.82, 2.24) is 4.90 Å². The van der Waals surface area contributed by atoms with Crippen LogP contribution in [0.2, 0.25) is 0 Å². The Balaban J connectivity index is 2.77. The van der Waals surface area contributed by atoms with Crippen LogP contribution < -0.4 is 5.73 Å². The van der Waals surface area contributed by atoms with Crippen molar-refractivity contribution in [3.05, 3.63) is 35.6 Å². The van der Waals surface area contributed by atoms with E-state index >= 15 is 0 Å². The molecule has 0 unspecified atom stereocenters. The van der Waals surface area contributed by atoms with Crippen molar-refractivity contribution in [2.75, 3.05) is 19.6 Å². The first-order valence-electron chi connectivity index (χ1n) is 6.29. The SMILES string of the molecule is CC(C)CN(CCCN)C(=O)c1ccc(F)cc1. The lowest BCUT2D eigenvalue weighted by molar-refractivity contribution is 0.0735. The van der Waals surface area contributed by atoms with Gasteiger partial charge in [0.25, 0.3) is 5.91 Å². The monoisotopic (exact) mass is 252 g/mol. The first kappa shape index (κ1) is 14.6. The molecule has 0 fully saturated rings. The quantitative estimate of drug-likeness (QED) is 0.844. The van der Waals surface area contributed by atoms with Gasteiger partial charge in [-0.25, -0.2) is 4.39 Å². The predicted molar refractivity (Wildman–Crippen MR) is 70.8 cm³/mol. The Morgan fingerprint density at radius 1 is 1.33 bits per heavy atom. The van der Waals surface area contributed by atoms with Crippen molar-refractivity contribution >= 4 is 5.91 Å². The molecule has 1 rings (SSSR count). The van der Waals surface area contributed by atoms with E-state index < -0.39 is 0 Å². The minimum Gasteiger partial charge on any atom is -0.338 e. The standard InChI is InChI=1S/C14H21FN2O/c1-11(2)10-17(9-3-8-16)14(18)12-4-6-13(15)7-5-12/h4-7,11H,3,8-10,16H2,1-2H3. The van der Waals surface area contributed by atoms with Gasteiger partial charge in [0.15, 0.2) is 0 Å². The van der Waals surface area contributed by atoms with Crippen LogP contribution in [-0.4, -0.2) is 30.4 Å². The molecular formula is C14H21FN2O. The highest BCUT2D eigenvalue weighted by molar-refractivity contribution is 5.94. The van der Waals surface area contributed by atoms with Crippen molar-refractivity contribution < 1.29 is 9.18 Å². The van der Waals surface area contributed by atoms with Gasteiger partial charge in [0.2, 0.25) is 0 Å². The molecule has 4 heteroatoms. The fraction of sp³-hybridized carbons (Fsp3) is 0.500. The second kappa shape index (κ2) is 7.11. The van der Waals surface area contributed by atoms with Gasteiger partial charge in [-0.05, 0) is 43.1 Å². The number of carbonyl (C=O) groups excluding carboxylic acids is 1. The van der Waals surface area contributed by atoms with Gasteiger partial charge in [-0.1, -0.05) is 13.8 Å². The second-order valence-electron chi connectivity index (χ2n) is 4.79. The van der Waals surface area contributed by atoms with Crippen LogP contribution in [0, 0.1) is 11.7 Å². The number of rotatable bonds is 6. The average Bonchev–Trinajstić information content (AvgIpc) is 2.34. The molecule has 1 aromatic carbocycles. The molecule has 3 nitrogen and oxygen atoms in total. The lowest BCUT2D eigenvalue weighted by atomic mass is 10.1. The first-order valence-corrected chi connectivity index (χ1v) is 6.29. The van der Waals surface area contributed by atoms with Crippen LogP contribution >= 0.6 is 0 Å². The average molecular weight is 252 g/mol. The Labute approximate surface area is 108 Å². The summed E-state index contributed by atoms with van der Waals surface area (Å²) in [4.78, 5) is 14.0. The molecule has 0 saturated heterocycles. The Morgan fingerprint density at radius 3 is 2.44 bits per heavy atom. The summed E-state index contributed by atoms with van der Waals surface area (Å²) in [5.74, 6) is 0.00763. The summed E-state index contributed by atoms with van der Waals surface area (Å²) in [6, 6.07) is 5.66. The van der Waals surface area contributed by atoms with E-state index in [9.17, 15) is 9.18 Å². The van der Waals surface area contributed by atoms with Crippen LogP contribution in [-0.2, 0) is 0 Å². The number of benzene rings is 1. The number of nitrogens with zero attached hydrogens (tertiary/aromatic N) is 1. The number of carbonyl (C=O) groups is 1. The minimum atomic E-state index is -0.330. The molecule has 0 aliphatic carbocycles. The molecule has 0 atom stereocenters. The summed E-state index contributed by atoms with van der Waals surface area (Å²) >= 11 is 0. The normalized spacial score (nSPS) is 10.7. The van der Waals surface area contributed by atoms with Crippen molar-refractivity contribution in [3.63, 3.8) is 0 Å². The number of nitrogens with two attached hydrogens (primary N) is 1. The molecule has 0 aliphatic rings. The van der Waals surface area contributed by atoms with Gasteiger partial charge in [-0.3, -0.25) is 4.79 Å². The van der Waals surface area contributed by atoms with Gasteiger partial charge in [0.05, 0.1) is 0 Å². The van der Waals surface area contributed by atoms with Gasteiger partial charge in [0, 0.05) is 18.7 Å². The summed E-state index contributed by atoms with van der Waals surface area (Å²) < 4.78 is 12.8. The largest absolute Gasteiger partial charge is 0.338 e. The highest BCUT2D eigenvalue weighted by Crippen LogP contribution is 2.09. The maximum atomic E-state index is 12.8. The van der Waals surface area contributed by atoms with Crippen LogP contribution in [0.25, 0.3) is 0 Å². The van der Waals surface area contributed by atoms with Gasteiger partial charge in [0.1, 0.15) is 5.82 Å². The van der Waals surface area contributed by atoms with E-state index in [4.69, 9.17) is 5.73 Å². The fourth-order valence-electron chi connectivity index (χ4n) is 1.77. The lowest BCUT2D eigenvalue weighted by Crippen LogP contribution is -2.35. The van der Waals surface area contributed by atoms with Gasteiger partial charge in [-0.15, -0.1) is 0 Å². The van der Waals surface area contributed by atoms with Crippen LogP contribution in [0.15, 0.2) is 24.3 Å². The molecule has 100 valence electrons. The Hall–Kier alpha value is -1.42. The van der Waals surface area contributed by atoms with Gasteiger partial charge < -0.3 is 10.6 Å². The predicted octanol–water partition coefficient (Wildman–Crippen LogP) is 2.27. The van der Waals surface area contributed by atoms with Crippen LogP contribution in [0.4, 0.5) is 4.39 Å². The van der Waals surface area contributed by atoms with E-state index in [2.05, 4.69) is 13.8 Å². The number of amides is 1. The maximum Gasteiger partial charge on any atom is 0.253 e. The molecule has 0 bridgehead atoms. The summed E-state index contributed by atoms with van der Waals surface area (Å²) in [5.41, 5.74) is 6.00. The molecule has 0 aromatic heterocycles.